The van der Waals surface area contributed by atoms with Crippen molar-refractivity contribution in [3.05, 3.63) is 11.1 Å². The summed E-state index contributed by atoms with van der Waals surface area (Å²) in [5.41, 5.74) is -0.153. The molecule has 1 fully saturated rings. The molecule has 0 radical (unpaired) electrons. The Morgan fingerprint density at radius 1 is 1.36 bits per heavy atom. The number of carbonyl (C=O) groups excluding carboxylic acids is 4. The van der Waals surface area contributed by atoms with Crippen molar-refractivity contribution in [1.29, 1.82) is 0 Å². The minimum atomic E-state index is -3.28. The third kappa shape index (κ3) is 8.14. The van der Waals surface area contributed by atoms with E-state index in [1.807, 2.05) is 0 Å². The largest absolute Gasteiger partial charge is 0.448 e. The number of alkyl halides is 1. The zero-order chi connectivity index (χ0) is 24.6. The zero-order valence-corrected chi connectivity index (χ0v) is 19.8. The van der Waals surface area contributed by atoms with E-state index in [0.717, 1.165) is 17.6 Å². The van der Waals surface area contributed by atoms with Gasteiger partial charge in [-0.1, -0.05) is 5.16 Å². The molecule has 2 rings (SSSR count). The number of nitrogens with one attached hydrogen (secondary N) is 4. The molecule has 4 amide bonds. The monoisotopic (exact) mass is 524 g/mol. The van der Waals surface area contributed by atoms with Gasteiger partial charge in [-0.3, -0.25) is 14.4 Å². The topological polar surface area (TPSA) is 194 Å². The fourth-order valence-electron chi connectivity index (χ4n) is 2.41. The average molecular weight is 525 g/mol. The van der Waals surface area contributed by atoms with Crippen LogP contribution in [-0.2, 0) is 33.8 Å². The number of nitrogens with zero attached hydrogens (tertiary/aromatic N) is 2. The molecular formula is C16H21ClN6O8S2. The summed E-state index contributed by atoms with van der Waals surface area (Å²) in [5.74, 6) is -2.35. The number of rotatable bonds is 11. The van der Waals surface area contributed by atoms with Crippen LogP contribution in [0.15, 0.2) is 10.5 Å². The standard InChI is InChI=1S/C16H21ClN6O8S2/c1-30-23-12(9-7-32-15(20-9)21-10(24)5-17)14(26)22-11-8(19-13(11)25)6-18-16(27)31-3-4-33(2,28)29/h7-8,11H,3-6H2,1-2H3,(H,18,27)(H,19,25)(H,22,26)(H,20,21,24)/b23-12-. The van der Waals surface area contributed by atoms with Crippen LogP contribution in [0.3, 0.4) is 0 Å². The Hall–Kier alpha value is -2.98. The summed E-state index contributed by atoms with van der Waals surface area (Å²) in [6.07, 6.45) is 0.134. The van der Waals surface area contributed by atoms with E-state index in [9.17, 15) is 27.6 Å². The highest BCUT2D eigenvalue weighted by molar-refractivity contribution is 7.90. The number of thiazole rings is 1. The van der Waals surface area contributed by atoms with Crippen LogP contribution < -0.4 is 21.3 Å². The van der Waals surface area contributed by atoms with Gasteiger partial charge in [0.05, 0.1) is 11.8 Å². The van der Waals surface area contributed by atoms with Gasteiger partial charge in [0.1, 0.15) is 31.3 Å². The van der Waals surface area contributed by atoms with Crippen molar-refractivity contribution >= 4 is 67.4 Å². The maximum atomic E-state index is 12.7. The highest BCUT2D eigenvalue weighted by atomic mass is 35.5. The van der Waals surface area contributed by atoms with Crippen LogP contribution in [0.25, 0.3) is 0 Å². The molecule has 17 heteroatoms. The van der Waals surface area contributed by atoms with Gasteiger partial charge in [0.2, 0.25) is 11.8 Å². The minimum Gasteiger partial charge on any atom is -0.448 e. The molecule has 2 atom stereocenters. The smallest absolute Gasteiger partial charge is 0.407 e. The maximum absolute atomic E-state index is 12.7. The Morgan fingerprint density at radius 3 is 2.70 bits per heavy atom. The normalized spacial score (nSPS) is 17.9. The van der Waals surface area contributed by atoms with Crippen LogP contribution in [-0.4, -0.2) is 93.2 Å². The van der Waals surface area contributed by atoms with Gasteiger partial charge in [-0.2, -0.15) is 0 Å². The van der Waals surface area contributed by atoms with Gasteiger partial charge < -0.3 is 30.8 Å². The molecule has 1 aliphatic heterocycles. The number of hydrogen-bond donors (Lipinski definition) is 4. The number of halogens is 1. The minimum absolute atomic E-state index is 0.0868. The molecular weight excluding hydrogens is 504 g/mol. The molecule has 1 aliphatic rings. The second-order valence-electron chi connectivity index (χ2n) is 6.56. The molecule has 1 saturated heterocycles. The predicted molar refractivity (Wildman–Crippen MR) is 118 cm³/mol. The summed E-state index contributed by atoms with van der Waals surface area (Å²) < 4.78 is 26.8. The number of hydrogen-bond acceptors (Lipinski definition) is 11. The van der Waals surface area contributed by atoms with Crippen LogP contribution in [0, 0.1) is 0 Å². The Labute approximate surface area is 197 Å². The number of ether oxygens (including phenoxy) is 1. The van der Waals surface area contributed by atoms with Crippen molar-refractivity contribution in [1.82, 2.24) is 20.9 Å². The molecule has 1 aromatic rings. The van der Waals surface area contributed by atoms with E-state index in [4.69, 9.17) is 16.3 Å². The van der Waals surface area contributed by atoms with Crippen LogP contribution in [0.1, 0.15) is 5.69 Å². The number of β-lactam (4-membered cyclic amide) rings is 1. The fourth-order valence-corrected chi connectivity index (χ4v) is 3.57. The number of carbonyl (C=O) groups is 4. The number of amides is 4. The molecule has 33 heavy (non-hydrogen) atoms. The van der Waals surface area contributed by atoms with Gasteiger partial charge in [0, 0.05) is 18.2 Å². The molecule has 0 saturated carbocycles. The van der Waals surface area contributed by atoms with Gasteiger partial charge in [0.15, 0.2) is 20.7 Å². The first kappa shape index (κ1) is 26.3. The third-order valence-electron chi connectivity index (χ3n) is 3.96. The van der Waals surface area contributed by atoms with E-state index < -0.39 is 45.7 Å². The van der Waals surface area contributed by atoms with Crippen LogP contribution in [0.4, 0.5) is 9.93 Å². The average Bonchev–Trinajstić information content (AvgIpc) is 3.19. The molecule has 0 bridgehead atoms. The first-order valence-corrected chi connectivity index (χ1v) is 12.6. The number of aromatic nitrogens is 1. The van der Waals surface area contributed by atoms with Gasteiger partial charge >= 0.3 is 6.09 Å². The summed E-state index contributed by atoms with van der Waals surface area (Å²) in [5, 5.41) is 15.1. The van der Waals surface area contributed by atoms with Crippen LogP contribution >= 0.6 is 22.9 Å². The molecule has 0 aromatic carbocycles. The summed E-state index contributed by atoms with van der Waals surface area (Å²) in [6.45, 7) is -0.407. The van der Waals surface area contributed by atoms with E-state index in [0.29, 0.717) is 0 Å². The lowest BCUT2D eigenvalue weighted by molar-refractivity contribution is -0.134. The maximum Gasteiger partial charge on any atom is 0.407 e. The molecule has 1 aromatic heterocycles. The van der Waals surface area contributed by atoms with Crippen molar-refractivity contribution in [2.75, 3.05) is 43.5 Å². The molecule has 182 valence electrons. The summed E-state index contributed by atoms with van der Waals surface area (Å²) in [6, 6.07) is -1.65. The van der Waals surface area contributed by atoms with Crippen molar-refractivity contribution in [2.24, 2.45) is 5.16 Å². The highest BCUT2D eigenvalue weighted by Gasteiger charge is 2.41. The molecule has 0 spiro atoms. The second-order valence-corrected chi connectivity index (χ2v) is 9.94. The lowest BCUT2D eigenvalue weighted by atomic mass is 9.98. The van der Waals surface area contributed by atoms with Crippen molar-refractivity contribution in [3.63, 3.8) is 0 Å². The molecule has 2 heterocycles. The van der Waals surface area contributed by atoms with Crippen LogP contribution in [0.5, 0.6) is 0 Å². The first-order valence-electron chi connectivity index (χ1n) is 9.16. The molecule has 14 nitrogen and oxygen atoms in total. The van der Waals surface area contributed by atoms with Gasteiger partial charge in [0.25, 0.3) is 5.91 Å². The van der Waals surface area contributed by atoms with Crippen molar-refractivity contribution in [3.8, 4) is 0 Å². The van der Waals surface area contributed by atoms with E-state index in [2.05, 4.69) is 36.2 Å². The quantitative estimate of drug-likeness (QED) is 0.114. The Bertz CT molecular complexity index is 1040. The third-order valence-corrected chi connectivity index (χ3v) is 5.87. The van der Waals surface area contributed by atoms with Crippen LogP contribution in [0.2, 0.25) is 0 Å². The molecule has 2 unspecified atom stereocenters. The van der Waals surface area contributed by atoms with E-state index in [1.54, 1.807) is 0 Å². The summed E-state index contributed by atoms with van der Waals surface area (Å²) in [4.78, 5) is 56.4. The van der Waals surface area contributed by atoms with Gasteiger partial charge in [-0.25, -0.2) is 18.2 Å². The van der Waals surface area contributed by atoms with Crippen molar-refractivity contribution < 1.29 is 37.2 Å². The SMILES string of the molecule is CO/N=C(\C(=O)NC1C(=O)NC1CNC(=O)OCCS(C)(=O)=O)c1csc(NC(=O)CCl)n1. The summed E-state index contributed by atoms with van der Waals surface area (Å²) in [7, 11) is -2.06. The highest BCUT2D eigenvalue weighted by Crippen LogP contribution is 2.17. The number of alkyl carbamates (subject to hydrolysis) is 1. The molecule has 0 aliphatic carbocycles. The zero-order valence-electron chi connectivity index (χ0n) is 17.4. The Morgan fingerprint density at radius 2 is 2.09 bits per heavy atom. The van der Waals surface area contributed by atoms with E-state index in [-0.39, 0.29) is 41.3 Å². The Kier molecular flexibility index (Phi) is 9.36. The van der Waals surface area contributed by atoms with E-state index in [1.165, 1.54) is 12.5 Å². The molecule has 4 N–H and O–H groups in total. The predicted octanol–water partition coefficient (Wildman–Crippen LogP) is -1.58. The lowest BCUT2D eigenvalue weighted by Crippen LogP contribution is -2.72. The number of oxime groups is 1. The van der Waals surface area contributed by atoms with E-state index >= 15 is 0 Å². The van der Waals surface area contributed by atoms with Crippen molar-refractivity contribution in [2.45, 2.75) is 12.1 Å². The lowest BCUT2D eigenvalue weighted by Gasteiger charge is -2.36. The Balaban J connectivity index is 1.93. The van der Waals surface area contributed by atoms with Gasteiger partial charge in [-0.05, 0) is 0 Å². The number of sulfone groups is 1. The van der Waals surface area contributed by atoms with Gasteiger partial charge in [-0.15, -0.1) is 22.9 Å². The fraction of sp³-hybridized carbons (Fsp3) is 0.500. The first-order chi connectivity index (χ1) is 15.5. The summed E-state index contributed by atoms with van der Waals surface area (Å²) >= 11 is 6.45. The number of anilines is 1. The second kappa shape index (κ2) is 11.8.